The molecule has 0 amide bonds. The summed E-state index contributed by atoms with van der Waals surface area (Å²) in [7, 11) is 0. The lowest BCUT2D eigenvalue weighted by Gasteiger charge is -2.26. The predicted octanol–water partition coefficient (Wildman–Crippen LogP) is 5.16. The Hall–Kier alpha value is -2.01. The minimum Gasteiger partial charge on any atom is -0.263 e. The molecule has 2 heterocycles. The zero-order valence-electron chi connectivity index (χ0n) is 13.1. The first-order valence-corrected chi connectivity index (χ1v) is 8.94. The Balaban J connectivity index is 1.79. The molecule has 2 aromatic heterocycles. The van der Waals surface area contributed by atoms with Crippen LogP contribution in [-0.4, -0.2) is 14.8 Å². The summed E-state index contributed by atoms with van der Waals surface area (Å²) in [5.74, 6) is 0.291. The highest BCUT2D eigenvalue weighted by atomic mass is 79.9. The Labute approximate surface area is 148 Å². The third-order valence-electron chi connectivity index (χ3n) is 4.61. The molecule has 0 bridgehead atoms. The molecule has 0 N–H and O–H groups in total. The fraction of sp³-hybridized carbons (Fsp3) is 0.263. The lowest BCUT2D eigenvalue weighted by atomic mass is 9.82. The topological polar surface area (TPSA) is 30.7 Å². The van der Waals surface area contributed by atoms with Crippen LogP contribution in [0.4, 0.5) is 4.39 Å². The fourth-order valence-electron chi connectivity index (χ4n) is 3.10. The Bertz CT molecular complexity index is 856. The second kappa shape index (κ2) is 6.48. The minimum absolute atomic E-state index is 0.192. The van der Waals surface area contributed by atoms with Gasteiger partial charge in [0, 0.05) is 17.7 Å². The summed E-state index contributed by atoms with van der Waals surface area (Å²) in [6.45, 7) is 0.434. The van der Waals surface area contributed by atoms with Crippen molar-refractivity contribution >= 4 is 15.9 Å². The number of rotatable bonds is 4. The Morgan fingerprint density at radius 2 is 1.92 bits per heavy atom. The van der Waals surface area contributed by atoms with Crippen molar-refractivity contribution in [3.05, 3.63) is 70.2 Å². The van der Waals surface area contributed by atoms with Crippen LogP contribution in [0.5, 0.6) is 0 Å². The zero-order valence-corrected chi connectivity index (χ0v) is 14.7. The summed E-state index contributed by atoms with van der Waals surface area (Å²) in [6, 6.07) is 12.7. The molecule has 0 unspecified atom stereocenters. The highest BCUT2D eigenvalue weighted by Crippen LogP contribution is 2.43. The maximum atomic E-state index is 14.1. The van der Waals surface area contributed by atoms with E-state index in [1.165, 1.54) is 12.5 Å². The molecular formula is C19H17BrFN3. The number of nitrogens with zero attached hydrogens (tertiary/aromatic N) is 3. The number of aromatic nitrogens is 3. The van der Waals surface area contributed by atoms with Crippen molar-refractivity contribution in [1.29, 1.82) is 0 Å². The first-order valence-electron chi connectivity index (χ1n) is 8.15. The largest absolute Gasteiger partial charge is 0.263 e. The van der Waals surface area contributed by atoms with Crippen LogP contribution in [0.15, 0.2) is 53.1 Å². The molecule has 0 saturated heterocycles. The van der Waals surface area contributed by atoms with Crippen LogP contribution in [0, 0.1) is 5.82 Å². The average Bonchev–Trinajstić information content (AvgIpc) is 2.86. The van der Waals surface area contributed by atoms with Crippen molar-refractivity contribution in [3.63, 3.8) is 0 Å². The van der Waals surface area contributed by atoms with E-state index in [9.17, 15) is 4.39 Å². The highest BCUT2D eigenvalue weighted by Gasteiger charge is 2.29. The van der Waals surface area contributed by atoms with E-state index >= 15 is 0 Å². The molecule has 4 rings (SSSR count). The molecule has 1 aromatic carbocycles. The number of pyridine rings is 1. The molecule has 3 aromatic rings. The molecule has 0 spiro atoms. The van der Waals surface area contributed by atoms with E-state index in [2.05, 4.69) is 20.9 Å². The van der Waals surface area contributed by atoms with Gasteiger partial charge in [0.2, 0.25) is 0 Å². The van der Waals surface area contributed by atoms with E-state index in [0.717, 1.165) is 34.4 Å². The summed E-state index contributed by atoms with van der Waals surface area (Å²) in [5.41, 5.74) is 3.47. The van der Waals surface area contributed by atoms with Crippen molar-refractivity contribution in [2.45, 2.75) is 31.7 Å². The molecule has 1 aliphatic carbocycles. The molecule has 0 radical (unpaired) electrons. The lowest BCUT2D eigenvalue weighted by molar-refractivity contribution is 0.390. The first kappa shape index (κ1) is 15.5. The van der Waals surface area contributed by atoms with Gasteiger partial charge in [-0.25, -0.2) is 4.39 Å². The van der Waals surface area contributed by atoms with Gasteiger partial charge < -0.3 is 0 Å². The summed E-state index contributed by atoms with van der Waals surface area (Å²) in [6.07, 6.45) is 5.31. The lowest BCUT2D eigenvalue weighted by Crippen LogP contribution is -2.16. The number of hydrogen-bond acceptors (Lipinski definition) is 2. The van der Waals surface area contributed by atoms with Crippen molar-refractivity contribution in [2.24, 2.45) is 0 Å². The molecule has 24 heavy (non-hydrogen) atoms. The summed E-state index contributed by atoms with van der Waals surface area (Å²) < 4.78 is 17.0. The monoisotopic (exact) mass is 385 g/mol. The van der Waals surface area contributed by atoms with Gasteiger partial charge in [0.1, 0.15) is 11.5 Å². The fourth-order valence-corrected chi connectivity index (χ4v) is 3.91. The van der Waals surface area contributed by atoms with Crippen LogP contribution in [-0.2, 0) is 6.54 Å². The third kappa shape index (κ3) is 2.77. The molecular weight excluding hydrogens is 369 g/mol. The maximum Gasteiger partial charge on any atom is 0.128 e. The Kier molecular flexibility index (Phi) is 4.19. The molecule has 0 aliphatic heterocycles. The summed E-state index contributed by atoms with van der Waals surface area (Å²) in [5, 5.41) is 4.76. The molecule has 0 atom stereocenters. The second-order valence-electron chi connectivity index (χ2n) is 6.14. The van der Waals surface area contributed by atoms with Crippen molar-refractivity contribution in [1.82, 2.24) is 14.8 Å². The molecule has 3 nitrogen and oxygen atoms in total. The Morgan fingerprint density at radius 1 is 1.12 bits per heavy atom. The normalized spacial score (nSPS) is 14.6. The van der Waals surface area contributed by atoms with Gasteiger partial charge in [-0.05, 0) is 47.0 Å². The van der Waals surface area contributed by atoms with E-state index in [-0.39, 0.29) is 5.82 Å². The number of hydrogen-bond donors (Lipinski definition) is 0. The summed E-state index contributed by atoms with van der Waals surface area (Å²) >= 11 is 3.73. The number of benzene rings is 1. The van der Waals surface area contributed by atoms with Crippen LogP contribution >= 0.6 is 15.9 Å². The number of halogens is 2. The van der Waals surface area contributed by atoms with Gasteiger partial charge in [-0.3, -0.25) is 9.67 Å². The van der Waals surface area contributed by atoms with Gasteiger partial charge in [0.25, 0.3) is 0 Å². The van der Waals surface area contributed by atoms with Crippen LogP contribution in [0.3, 0.4) is 0 Å². The van der Waals surface area contributed by atoms with Gasteiger partial charge in [-0.1, -0.05) is 30.7 Å². The van der Waals surface area contributed by atoms with Gasteiger partial charge in [-0.2, -0.15) is 5.10 Å². The van der Waals surface area contributed by atoms with Crippen molar-refractivity contribution < 1.29 is 4.39 Å². The van der Waals surface area contributed by atoms with E-state index in [1.807, 2.05) is 35.0 Å². The minimum atomic E-state index is -0.192. The van der Waals surface area contributed by atoms with Crippen LogP contribution in [0.2, 0.25) is 0 Å². The van der Waals surface area contributed by atoms with Crippen molar-refractivity contribution in [2.75, 3.05) is 0 Å². The predicted molar refractivity (Wildman–Crippen MR) is 95.3 cm³/mol. The third-order valence-corrected chi connectivity index (χ3v) is 5.39. The molecule has 122 valence electrons. The molecule has 1 fully saturated rings. The maximum absolute atomic E-state index is 14.1. The molecule has 1 saturated carbocycles. The molecule has 1 aliphatic rings. The Morgan fingerprint density at radius 3 is 2.58 bits per heavy atom. The van der Waals surface area contributed by atoms with Gasteiger partial charge >= 0.3 is 0 Å². The SMILES string of the molecule is Fc1ccccc1Cn1nc(-c2ccccn2)c(Br)c1C1CCC1. The molecule has 5 heteroatoms. The second-order valence-corrected chi connectivity index (χ2v) is 6.93. The zero-order chi connectivity index (χ0) is 16.5. The van der Waals surface area contributed by atoms with E-state index in [4.69, 9.17) is 5.10 Å². The van der Waals surface area contributed by atoms with Crippen LogP contribution in [0.25, 0.3) is 11.4 Å². The highest BCUT2D eigenvalue weighted by molar-refractivity contribution is 9.10. The average molecular weight is 386 g/mol. The van der Waals surface area contributed by atoms with Crippen LogP contribution < -0.4 is 0 Å². The van der Waals surface area contributed by atoms with Gasteiger partial charge in [0.05, 0.1) is 22.4 Å². The van der Waals surface area contributed by atoms with Gasteiger partial charge in [-0.15, -0.1) is 0 Å². The van der Waals surface area contributed by atoms with E-state index < -0.39 is 0 Å². The quantitative estimate of drug-likeness (QED) is 0.620. The standard InChI is InChI=1S/C19H17BrFN3/c20-17-18(16-10-3-4-11-22-16)23-24(19(17)13-7-5-8-13)12-14-6-1-2-9-15(14)21/h1-4,6,9-11,13H,5,7-8,12H2. The van der Waals surface area contributed by atoms with Gasteiger partial charge in [0.15, 0.2) is 0 Å². The van der Waals surface area contributed by atoms with E-state index in [1.54, 1.807) is 12.3 Å². The smallest absolute Gasteiger partial charge is 0.128 e. The van der Waals surface area contributed by atoms with E-state index in [0.29, 0.717) is 18.0 Å². The van der Waals surface area contributed by atoms with Crippen molar-refractivity contribution in [3.8, 4) is 11.4 Å². The van der Waals surface area contributed by atoms with Crippen LogP contribution in [0.1, 0.15) is 36.4 Å². The summed E-state index contributed by atoms with van der Waals surface area (Å²) in [4.78, 5) is 4.41. The first-order chi connectivity index (χ1) is 11.7.